The molecule has 120 valence electrons. The van der Waals surface area contributed by atoms with Gasteiger partial charge in [0.2, 0.25) is 0 Å². The average Bonchev–Trinajstić information content (AvgIpc) is 2.50. The van der Waals surface area contributed by atoms with Crippen LogP contribution >= 0.6 is 0 Å². The van der Waals surface area contributed by atoms with Crippen LogP contribution in [-0.2, 0) is 5.41 Å². The van der Waals surface area contributed by atoms with Gasteiger partial charge in [-0.1, -0.05) is 52.0 Å². The van der Waals surface area contributed by atoms with Gasteiger partial charge in [0.25, 0.3) is 0 Å². The molecule has 1 heterocycles. The molecule has 0 saturated carbocycles. The molecule has 1 aromatic carbocycles. The van der Waals surface area contributed by atoms with Gasteiger partial charge in [0.15, 0.2) is 0 Å². The van der Waals surface area contributed by atoms with Crippen molar-refractivity contribution in [1.82, 2.24) is 9.80 Å². The first-order chi connectivity index (χ1) is 10.5. The van der Waals surface area contributed by atoms with Crippen LogP contribution in [0.4, 0.5) is 0 Å². The Balaban J connectivity index is 2.05. The fourth-order valence-electron chi connectivity index (χ4n) is 3.09. The van der Waals surface area contributed by atoms with Crippen LogP contribution in [0.25, 0.3) is 0 Å². The molecule has 1 unspecified atom stereocenters. The first-order valence-electron chi connectivity index (χ1n) is 8.42. The van der Waals surface area contributed by atoms with E-state index in [0.717, 1.165) is 31.7 Å². The number of hydrogen-bond acceptors (Lipinski definition) is 3. The first kappa shape index (κ1) is 17.0. The molecule has 22 heavy (non-hydrogen) atoms. The second-order valence-electron chi connectivity index (χ2n) is 7.28. The molecular formula is C19H29N3. The van der Waals surface area contributed by atoms with Crippen LogP contribution in [0, 0.1) is 11.3 Å². The Kier molecular flexibility index (Phi) is 5.61. The fraction of sp³-hybridized carbons (Fsp3) is 0.632. The van der Waals surface area contributed by atoms with Gasteiger partial charge in [-0.3, -0.25) is 4.90 Å². The Bertz CT molecular complexity index is 499. The molecule has 0 amide bonds. The molecule has 0 aromatic heterocycles. The summed E-state index contributed by atoms with van der Waals surface area (Å²) in [6.07, 6.45) is 1.20. The molecule has 2 rings (SSSR count). The quantitative estimate of drug-likeness (QED) is 0.851. The van der Waals surface area contributed by atoms with E-state index in [1.54, 1.807) is 0 Å². The van der Waals surface area contributed by atoms with Gasteiger partial charge in [-0.25, -0.2) is 0 Å². The highest BCUT2D eigenvalue weighted by molar-refractivity contribution is 5.31. The van der Waals surface area contributed by atoms with E-state index in [1.165, 1.54) is 18.5 Å². The summed E-state index contributed by atoms with van der Waals surface area (Å²) in [5, 5.41) is 9.62. The van der Waals surface area contributed by atoms with Crippen molar-refractivity contribution in [2.45, 2.75) is 45.6 Å². The maximum absolute atomic E-state index is 9.62. The Labute approximate surface area is 135 Å². The van der Waals surface area contributed by atoms with Crippen molar-refractivity contribution in [2.75, 3.05) is 32.7 Å². The van der Waals surface area contributed by atoms with E-state index in [9.17, 15) is 5.26 Å². The zero-order chi connectivity index (χ0) is 16.2. The third kappa shape index (κ3) is 4.09. The van der Waals surface area contributed by atoms with Crippen LogP contribution < -0.4 is 0 Å². The zero-order valence-electron chi connectivity index (χ0n) is 14.5. The van der Waals surface area contributed by atoms with Crippen LogP contribution in [-0.4, -0.2) is 42.5 Å². The fourth-order valence-corrected chi connectivity index (χ4v) is 3.09. The lowest BCUT2D eigenvalue weighted by Crippen LogP contribution is -2.47. The van der Waals surface area contributed by atoms with Gasteiger partial charge in [-0.15, -0.1) is 0 Å². The van der Waals surface area contributed by atoms with E-state index >= 15 is 0 Å². The van der Waals surface area contributed by atoms with E-state index < -0.39 is 0 Å². The van der Waals surface area contributed by atoms with E-state index in [2.05, 4.69) is 67.8 Å². The molecule has 0 N–H and O–H groups in total. The smallest absolute Gasteiger partial charge is 0.123 e. The third-order valence-corrected chi connectivity index (χ3v) is 4.53. The van der Waals surface area contributed by atoms with Gasteiger partial charge < -0.3 is 4.90 Å². The highest BCUT2D eigenvalue weighted by atomic mass is 15.3. The minimum atomic E-state index is -0.113. The van der Waals surface area contributed by atoms with Crippen molar-refractivity contribution in [3.05, 3.63) is 35.4 Å². The molecule has 1 aliphatic heterocycles. The second-order valence-corrected chi connectivity index (χ2v) is 7.28. The molecule has 1 aromatic rings. The molecule has 0 spiro atoms. The summed E-state index contributed by atoms with van der Waals surface area (Å²) < 4.78 is 0. The summed E-state index contributed by atoms with van der Waals surface area (Å²) in [7, 11) is 0. The summed E-state index contributed by atoms with van der Waals surface area (Å²) in [5.41, 5.74) is 2.60. The minimum absolute atomic E-state index is 0.113. The first-order valence-corrected chi connectivity index (χ1v) is 8.42. The number of piperazine rings is 1. The SMILES string of the molecule is CCCN1CCN(C(C#N)c2ccc(C(C)(C)C)cc2)CC1. The highest BCUT2D eigenvalue weighted by Crippen LogP contribution is 2.26. The Morgan fingerprint density at radius 2 is 1.68 bits per heavy atom. The summed E-state index contributed by atoms with van der Waals surface area (Å²) >= 11 is 0. The Morgan fingerprint density at radius 3 is 2.14 bits per heavy atom. The van der Waals surface area contributed by atoms with E-state index in [4.69, 9.17) is 0 Å². The lowest BCUT2D eigenvalue weighted by molar-refractivity contribution is 0.114. The Morgan fingerprint density at radius 1 is 1.09 bits per heavy atom. The van der Waals surface area contributed by atoms with Gasteiger partial charge >= 0.3 is 0 Å². The van der Waals surface area contributed by atoms with Crippen molar-refractivity contribution in [3.63, 3.8) is 0 Å². The molecule has 0 radical (unpaired) electrons. The third-order valence-electron chi connectivity index (χ3n) is 4.53. The average molecular weight is 299 g/mol. The monoisotopic (exact) mass is 299 g/mol. The summed E-state index contributed by atoms with van der Waals surface area (Å²) in [6.45, 7) is 14.2. The second kappa shape index (κ2) is 7.26. The molecule has 1 atom stereocenters. The normalized spacial score (nSPS) is 18.9. The summed E-state index contributed by atoms with van der Waals surface area (Å²) in [4.78, 5) is 4.81. The number of nitriles is 1. The van der Waals surface area contributed by atoms with Crippen molar-refractivity contribution in [3.8, 4) is 6.07 Å². The number of rotatable bonds is 4. The van der Waals surface area contributed by atoms with Crippen LogP contribution in [0.3, 0.4) is 0 Å². The van der Waals surface area contributed by atoms with Crippen LogP contribution in [0.5, 0.6) is 0 Å². The maximum atomic E-state index is 9.62. The van der Waals surface area contributed by atoms with Gasteiger partial charge in [0.05, 0.1) is 6.07 Å². The molecular weight excluding hydrogens is 270 g/mol. The number of benzene rings is 1. The van der Waals surface area contributed by atoms with Crippen molar-refractivity contribution in [1.29, 1.82) is 5.26 Å². The molecule has 3 nitrogen and oxygen atoms in total. The van der Waals surface area contributed by atoms with E-state index in [-0.39, 0.29) is 11.5 Å². The zero-order valence-corrected chi connectivity index (χ0v) is 14.5. The van der Waals surface area contributed by atoms with Crippen molar-refractivity contribution >= 4 is 0 Å². The van der Waals surface area contributed by atoms with Gasteiger partial charge in [0, 0.05) is 26.2 Å². The predicted octanol–water partition coefficient (Wildman–Crippen LogP) is 3.58. The van der Waals surface area contributed by atoms with Crippen LogP contribution in [0.15, 0.2) is 24.3 Å². The number of hydrogen-bond donors (Lipinski definition) is 0. The van der Waals surface area contributed by atoms with Gasteiger partial charge in [-0.2, -0.15) is 5.26 Å². The molecule has 0 bridgehead atoms. The van der Waals surface area contributed by atoms with E-state index in [0.29, 0.717) is 0 Å². The van der Waals surface area contributed by atoms with Crippen LogP contribution in [0.1, 0.15) is 51.3 Å². The largest absolute Gasteiger partial charge is 0.301 e. The maximum Gasteiger partial charge on any atom is 0.123 e. The Hall–Kier alpha value is -1.37. The molecule has 0 aliphatic carbocycles. The standard InChI is InChI=1S/C19H29N3/c1-5-10-21-11-13-22(14-12-21)18(15-20)16-6-8-17(9-7-16)19(2,3)4/h6-9,18H,5,10-14H2,1-4H3. The van der Waals surface area contributed by atoms with Crippen LogP contribution in [0.2, 0.25) is 0 Å². The van der Waals surface area contributed by atoms with Gasteiger partial charge in [0.1, 0.15) is 6.04 Å². The molecule has 1 fully saturated rings. The van der Waals surface area contributed by atoms with Crippen molar-refractivity contribution in [2.24, 2.45) is 0 Å². The molecule has 1 saturated heterocycles. The lowest BCUT2D eigenvalue weighted by Gasteiger charge is -2.37. The number of nitrogens with zero attached hydrogens (tertiary/aromatic N) is 3. The highest BCUT2D eigenvalue weighted by Gasteiger charge is 2.25. The molecule has 3 heteroatoms. The summed E-state index contributed by atoms with van der Waals surface area (Å²) in [5.74, 6) is 0. The molecule has 1 aliphatic rings. The summed E-state index contributed by atoms with van der Waals surface area (Å²) in [6, 6.07) is 11.0. The predicted molar refractivity (Wildman–Crippen MR) is 91.8 cm³/mol. The van der Waals surface area contributed by atoms with E-state index in [1.807, 2.05) is 0 Å². The van der Waals surface area contributed by atoms with Gasteiger partial charge in [-0.05, 0) is 29.5 Å². The topological polar surface area (TPSA) is 30.3 Å². The van der Waals surface area contributed by atoms with Crippen molar-refractivity contribution < 1.29 is 0 Å². The lowest BCUT2D eigenvalue weighted by atomic mass is 9.86. The minimum Gasteiger partial charge on any atom is -0.301 e.